The van der Waals surface area contributed by atoms with E-state index in [1.807, 2.05) is 0 Å². The molecule has 6 nitrogen and oxygen atoms in total. The third-order valence-corrected chi connectivity index (χ3v) is 4.64. The molecule has 0 atom stereocenters. The van der Waals surface area contributed by atoms with Crippen LogP contribution in [0.5, 0.6) is 0 Å². The first kappa shape index (κ1) is 21.4. The summed E-state index contributed by atoms with van der Waals surface area (Å²) in [6, 6.07) is 9.44. The van der Waals surface area contributed by atoms with Crippen LogP contribution in [0.25, 0.3) is 5.69 Å². The van der Waals surface area contributed by atoms with Crippen LogP contribution in [0, 0.1) is 6.92 Å². The van der Waals surface area contributed by atoms with Gasteiger partial charge in [-0.05, 0) is 36.8 Å². The van der Waals surface area contributed by atoms with E-state index >= 15 is 0 Å². The second kappa shape index (κ2) is 8.19. The third-order valence-electron chi connectivity index (χ3n) is 4.32. The highest BCUT2D eigenvalue weighted by molar-refractivity contribution is 6.33. The van der Waals surface area contributed by atoms with Gasteiger partial charge < -0.3 is 5.32 Å². The number of carbonyl (C=O) groups excluding carboxylic acids is 1. The van der Waals surface area contributed by atoms with Crippen molar-refractivity contribution in [2.45, 2.75) is 19.6 Å². The summed E-state index contributed by atoms with van der Waals surface area (Å²) in [4.78, 5) is 37.1. The first-order valence-corrected chi connectivity index (χ1v) is 9.00. The maximum Gasteiger partial charge on any atom is 0.416 e. The first-order valence-electron chi connectivity index (χ1n) is 8.62. The van der Waals surface area contributed by atoms with Crippen molar-refractivity contribution in [3.8, 4) is 5.69 Å². The molecular weight excluding hydrogens is 423 g/mol. The van der Waals surface area contributed by atoms with E-state index in [9.17, 15) is 27.6 Å². The van der Waals surface area contributed by atoms with Gasteiger partial charge in [-0.1, -0.05) is 29.8 Å². The Bertz CT molecular complexity index is 1230. The van der Waals surface area contributed by atoms with Gasteiger partial charge in [0.15, 0.2) is 0 Å². The molecule has 156 valence electrons. The number of benzene rings is 2. The van der Waals surface area contributed by atoms with Crippen molar-refractivity contribution in [3.05, 3.63) is 91.7 Å². The lowest BCUT2D eigenvalue weighted by Gasteiger charge is -2.13. The zero-order valence-corrected chi connectivity index (χ0v) is 16.3. The Morgan fingerprint density at radius 1 is 1.07 bits per heavy atom. The molecule has 0 spiro atoms. The van der Waals surface area contributed by atoms with Crippen LogP contribution < -0.4 is 16.4 Å². The van der Waals surface area contributed by atoms with Crippen molar-refractivity contribution in [2.24, 2.45) is 0 Å². The maximum atomic E-state index is 12.8. The van der Waals surface area contributed by atoms with Gasteiger partial charge >= 0.3 is 17.3 Å². The standard InChI is InChI=1S/C20H15ClF3N3O3/c1-12-4-2-3-5-16(12)27-9-8-26(18(29)19(27)30)11-17(28)25-15-10-13(20(22,23)24)6-7-14(15)21/h2-10H,11H2,1H3,(H,25,28). The molecule has 30 heavy (non-hydrogen) atoms. The van der Waals surface area contributed by atoms with E-state index in [1.165, 1.54) is 12.4 Å². The van der Waals surface area contributed by atoms with Crippen LogP contribution in [0.1, 0.15) is 11.1 Å². The van der Waals surface area contributed by atoms with Gasteiger partial charge in [0.25, 0.3) is 0 Å². The highest BCUT2D eigenvalue weighted by atomic mass is 35.5. The maximum absolute atomic E-state index is 12.8. The summed E-state index contributed by atoms with van der Waals surface area (Å²) in [6.45, 7) is 1.20. The molecule has 0 saturated carbocycles. The SMILES string of the molecule is Cc1ccccc1-n1ccn(CC(=O)Nc2cc(C(F)(F)F)ccc2Cl)c(=O)c1=O. The van der Waals surface area contributed by atoms with E-state index in [4.69, 9.17) is 11.6 Å². The van der Waals surface area contributed by atoms with Gasteiger partial charge in [0, 0.05) is 12.4 Å². The largest absolute Gasteiger partial charge is 0.416 e. The fourth-order valence-electron chi connectivity index (χ4n) is 2.80. The van der Waals surface area contributed by atoms with Crippen molar-refractivity contribution in [1.82, 2.24) is 9.13 Å². The molecule has 0 aliphatic heterocycles. The van der Waals surface area contributed by atoms with Crippen LogP contribution in [-0.4, -0.2) is 15.0 Å². The van der Waals surface area contributed by atoms with E-state index in [-0.39, 0.29) is 10.7 Å². The molecule has 1 N–H and O–H groups in total. The van der Waals surface area contributed by atoms with Gasteiger partial charge in [0.05, 0.1) is 22.0 Å². The summed E-state index contributed by atoms with van der Waals surface area (Å²) in [7, 11) is 0. The van der Waals surface area contributed by atoms with Crippen LogP contribution in [0.2, 0.25) is 5.02 Å². The number of hydrogen-bond donors (Lipinski definition) is 1. The fraction of sp³-hybridized carbons (Fsp3) is 0.150. The number of amides is 1. The summed E-state index contributed by atoms with van der Waals surface area (Å²) >= 11 is 5.85. The Labute approximate surface area is 173 Å². The van der Waals surface area contributed by atoms with Crippen molar-refractivity contribution in [1.29, 1.82) is 0 Å². The monoisotopic (exact) mass is 437 g/mol. The molecule has 1 aromatic heterocycles. The predicted octanol–water partition coefficient (Wildman–Crippen LogP) is 3.62. The summed E-state index contributed by atoms with van der Waals surface area (Å²) in [5.74, 6) is -0.814. The summed E-state index contributed by atoms with van der Waals surface area (Å²) < 4.78 is 40.6. The van der Waals surface area contributed by atoms with Gasteiger partial charge in [-0.2, -0.15) is 13.2 Å². The van der Waals surface area contributed by atoms with Crippen LogP contribution in [0.3, 0.4) is 0 Å². The summed E-state index contributed by atoms with van der Waals surface area (Å²) in [5, 5.41) is 2.14. The predicted molar refractivity (Wildman–Crippen MR) is 106 cm³/mol. The van der Waals surface area contributed by atoms with E-state index < -0.39 is 35.3 Å². The molecule has 0 bridgehead atoms. The summed E-state index contributed by atoms with van der Waals surface area (Å²) in [6.07, 6.45) is -2.01. The van der Waals surface area contributed by atoms with Crippen molar-refractivity contribution in [2.75, 3.05) is 5.32 Å². The molecule has 0 unspecified atom stereocenters. The number of para-hydroxylation sites is 1. The quantitative estimate of drug-likeness (QED) is 0.634. The minimum atomic E-state index is -4.61. The third kappa shape index (κ3) is 4.46. The Morgan fingerprint density at radius 3 is 2.43 bits per heavy atom. The molecule has 0 aliphatic carbocycles. The second-order valence-electron chi connectivity index (χ2n) is 6.43. The molecule has 0 fully saturated rings. The Hall–Kier alpha value is -3.33. The van der Waals surface area contributed by atoms with Crippen LogP contribution >= 0.6 is 11.6 Å². The fourth-order valence-corrected chi connectivity index (χ4v) is 2.96. The average Bonchev–Trinajstić information content (AvgIpc) is 2.67. The molecule has 3 aromatic rings. The van der Waals surface area contributed by atoms with Gasteiger partial charge in [-0.15, -0.1) is 0 Å². The first-order chi connectivity index (χ1) is 14.1. The van der Waals surface area contributed by atoms with E-state index in [0.717, 1.165) is 26.8 Å². The molecule has 3 rings (SSSR count). The Kier molecular flexibility index (Phi) is 5.84. The molecule has 2 aromatic carbocycles. The minimum Gasteiger partial charge on any atom is -0.323 e. The minimum absolute atomic E-state index is 0.0985. The molecule has 0 saturated heterocycles. The number of nitrogens with zero attached hydrogens (tertiary/aromatic N) is 2. The van der Waals surface area contributed by atoms with Crippen molar-refractivity contribution < 1.29 is 18.0 Å². The number of hydrogen-bond acceptors (Lipinski definition) is 3. The zero-order chi connectivity index (χ0) is 22.1. The Balaban J connectivity index is 1.85. The van der Waals surface area contributed by atoms with Crippen molar-refractivity contribution >= 4 is 23.2 Å². The molecule has 0 aliphatic rings. The van der Waals surface area contributed by atoms with Crippen LogP contribution in [-0.2, 0) is 17.5 Å². The molecule has 1 heterocycles. The highest BCUT2D eigenvalue weighted by Gasteiger charge is 2.31. The van der Waals surface area contributed by atoms with E-state index in [2.05, 4.69) is 5.32 Å². The normalized spacial score (nSPS) is 11.4. The number of nitrogens with one attached hydrogen (secondary N) is 1. The molecule has 0 radical (unpaired) electrons. The second-order valence-corrected chi connectivity index (χ2v) is 6.84. The molecule has 1 amide bonds. The van der Waals surface area contributed by atoms with Crippen LogP contribution in [0.4, 0.5) is 18.9 Å². The smallest absolute Gasteiger partial charge is 0.323 e. The number of alkyl halides is 3. The van der Waals surface area contributed by atoms with Gasteiger partial charge in [-0.25, -0.2) is 0 Å². The number of rotatable bonds is 4. The molecule has 10 heteroatoms. The number of halogens is 4. The lowest BCUT2D eigenvalue weighted by molar-refractivity contribution is -0.137. The number of aromatic nitrogens is 2. The average molecular weight is 438 g/mol. The number of aryl methyl sites for hydroxylation is 1. The van der Waals surface area contributed by atoms with E-state index in [1.54, 1.807) is 31.2 Å². The van der Waals surface area contributed by atoms with E-state index in [0.29, 0.717) is 11.8 Å². The van der Waals surface area contributed by atoms with Crippen LogP contribution in [0.15, 0.2) is 64.4 Å². The topological polar surface area (TPSA) is 73.1 Å². The lowest BCUT2D eigenvalue weighted by Crippen LogP contribution is -2.41. The number of anilines is 1. The molecular formula is C20H15ClF3N3O3. The highest BCUT2D eigenvalue weighted by Crippen LogP contribution is 2.33. The Morgan fingerprint density at radius 2 is 1.77 bits per heavy atom. The summed E-state index contributed by atoms with van der Waals surface area (Å²) in [5.41, 5.74) is -1.76. The van der Waals surface area contributed by atoms with Crippen molar-refractivity contribution in [3.63, 3.8) is 0 Å². The van der Waals surface area contributed by atoms with Gasteiger partial charge in [0.1, 0.15) is 6.54 Å². The lowest BCUT2D eigenvalue weighted by atomic mass is 10.2. The number of carbonyl (C=O) groups is 1. The van der Waals surface area contributed by atoms with Gasteiger partial charge in [-0.3, -0.25) is 23.5 Å². The van der Waals surface area contributed by atoms with Gasteiger partial charge in [0.2, 0.25) is 5.91 Å². The zero-order valence-electron chi connectivity index (χ0n) is 15.5.